The zero-order valence-electron chi connectivity index (χ0n) is 14.5. The van der Waals surface area contributed by atoms with E-state index in [9.17, 15) is 17.2 Å². The van der Waals surface area contributed by atoms with Crippen LogP contribution in [0.15, 0.2) is 47.6 Å². The number of hydrogen-bond acceptors (Lipinski definition) is 3. The fourth-order valence-corrected chi connectivity index (χ4v) is 5.07. The molecule has 1 aromatic heterocycles. The van der Waals surface area contributed by atoms with Gasteiger partial charge in [-0.2, -0.15) is 9.40 Å². The molecule has 1 aliphatic rings. The molecule has 2 aromatic rings. The van der Waals surface area contributed by atoms with Gasteiger partial charge in [-0.05, 0) is 24.8 Å². The zero-order chi connectivity index (χ0) is 18.6. The average molecular weight is 383 g/mol. The van der Waals surface area contributed by atoms with Crippen molar-refractivity contribution >= 4 is 10.0 Å². The molecule has 1 saturated carbocycles. The molecule has 0 atom stereocenters. The number of nitrogens with zero attached hydrogens (tertiary/aromatic N) is 3. The van der Waals surface area contributed by atoms with Gasteiger partial charge < -0.3 is 0 Å². The molecule has 1 aliphatic carbocycles. The quantitative estimate of drug-likeness (QED) is 0.703. The summed E-state index contributed by atoms with van der Waals surface area (Å²) in [5.41, 5.74) is 1.07. The normalized spacial score (nSPS) is 16.0. The predicted molar refractivity (Wildman–Crippen MR) is 94.5 cm³/mol. The van der Waals surface area contributed by atoms with Crippen LogP contribution < -0.4 is 0 Å². The third kappa shape index (κ3) is 4.48. The van der Waals surface area contributed by atoms with Gasteiger partial charge in [-0.3, -0.25) is 4.68 Å². The van der Waals surface area contributed by atoms with Crippen molar-refractivity contribution < 1.29 is 17.2 Å². The molecule has 0 saturated heterocycles. The SMILES string of the molecule is O=S(=O)(c1cnn(CC(F)F)c1)N(CCc1ccccc1)C1CCCC1. The van der Waals surface area contributed by atoms with Crippen LogP contribution >= 0.6 is 0 Å². The zero-order valence-corrected chi connectivity index (χ0v) is 15.3. The minimum atomic E-state index is -3.76. The van der Waals surface area contributed by atoms with Crippen LogP contribution in [0.25, 0.3) is 0 Å². The minimum absolute atomic E-state index is 0.0156. The number of rotatable bonds is 8. The number of aromatic nitrogens is 2. The second-order valence-corrected chi connectivity index (χ2v) is 8.47. The topological polar surface area (TPSA) is 55.2 Å². The third-order valence-electron chi connectivity index (χ3n) is 4.74. The highest BCUT2D eigenvalue weighted by Gasteiger charge is 2.33. The van der Waals surface area contributed by atoms with Crippen molar-refractivity contribution in [3.8, 4) is 0 Å². The first-order valence-corrected chi connectivity index (χ1v) is 10.3. The van der Waals surface area contributed by atoms with Crippen LogP contribution in [-0.4, -0.2) is 41.5 Å². The first-order chi connectivity index (χ1) is 12.5. The van der Waals surface area contributed by atoms with Crippen LogP contribution in [0.1, 0.15) is 31.2 Å². The Balaban J connectivity index is 1.81. The van der Waals surface area contributed by atoms with Crippen LogP contribution in [0.4, 0.5) is 8.78 Å². The second-order valence-electron chi connectivity index (χ2n) is 6.58. The molecule has 3 rings (SSSR count). The first kappa shape index (κ1) is 19.0. The Labute approximate surface area is 152 Å². The summed E-state index contributed by atoms with van der Waals surface area (Å²) in [7, 11) is -3.76. The molecule has 142 valence electrons. The largest absolute Gasteiger partial charge is 0.266 e. The van der Waals surface area contributed by atoms with Gasteiger partial charge >= 0.3 is 0 Å². The lowest BCUT2D eigenvalue weighted by Gasteiger charge is -2.27. The fourth-order valence-electron chi connectivity index (χ4n) is 3.43. The fraction of sp³-hybridized carbons (Fsp3) is 0.500. The molecule has 0 N–H and O–H groups in total. The highest BCUT2D eigenvalue weighted by molar-refractivity contribution is 7.89. The van der Waals surface area contributed by atoms with E-state index in [0.29, 0.717) is 13.0 Å². The molecule has 1 fully saturated rings. The van der Waals surface area contributed by atoms with Gasteiger partial charge in [0.2, 0.25) is 10.0 Å². The predicted octanol–water partition coefficient (Wildman–Crippen LogP) is 3.32. The summed E-state index contributed by atoms with van der Waals surface area (Å²) in [6, 6.07) is 9.69. The molecule has 5 nitrogen and oxygen atoms in total. The average Bonchev–Trinajstić information content (AvgIpc) is 3.27. The molecule has 0 bridgehead atoms. The van der Waals surface area contributed by atoms with E-state index in [1.54, 1.807) is 0 Å². The van der Waals surface area contributed by atoms with Gasteiger partial charge in [0, 0.05) is 18.8 Å². The van der Waals surface area contributed by atoms with E-state index in [4.69, 9.17) is 0 Å². The molecular weight excluding hydrogens is 360 g/mol. The maximum absolute atomic E-state index is 13.1. The van der Waals surface area contributed by atoms with E-state index < -0.39 is 23.0 Å². The summed E-state index contributed by atoms with van der Waals surface area (Å²) in [6.45, 7) is -0.236. The van der Waals surface area contributed by atoms with Gasteiger partial charge in [0.1, 0.15) is 11.4 Å². The van der Waals surface area contributed by atoms with Crippen molar-refractivity contribution in [3.05, 3.63) is 48.3 Å². The smallest absolute Gasteiger partial charge is 0.257 e. The molecule has 8 heteroatoms. The number of alkyl halides is 2. The molecule has 1 aromatic carbocycles. The minimum Gasteiger partial charge on any atom is -0.266 e. The van der Waals surface area contributed by atoms with E-state index in [0.717, 1.165) is 35.9 Å². The summed E-state index contributed by atoms with van der Waals surface area (Å²) >= 11 is 0. The maximum atomic E-state index is 13.1. The van der Waals surface area contributed by atoms with Crippen molar-refractivity contribution in [1.29, 1.82) is 0 Å². The summed E-state index contributed by atoms with van der Waals surface area (Å²) in [6.07, 6.45) is 4.09. The second kappa shape index (κ2) is 8.26. The number of hydrogen-bond donors (Lipinski definition) is 0. The lowest BCUT2D eigenvalue weighted by atomic mass is 10.1. The maximum Gasteiger partial charge on any atom is 0.257 e. The van der Waals surface area contributed by atoms with E-state index in [-0.39, 0.29) is 10.9 Å². The Morgan fingerprint density at radius 2 is 1.88 bits per heavy atom. The molecule has 1 heterocycles. The highest BCUT2D eigenvalue weighted by Crippen LogP contribution is 2.29. The van der Waals surface area contributed by atoms with Gasteiger partial charge in [0.25, 0.3) is 6.43 Å². The van der Waals surface area contributed by atoms with Crippen molar-refractivity contribution in [3.63, 3.8) is 0 Å². The Bertz CT molecular complexity index is 803. The molecule has 0 radical (unpaired) electrons. The summed E-state index contributed by atoms with van der Waals surface area (Å²) in [5, 5.41) is 3.78. The van der Waals surface area contributed by atoms with Gasteiger partial charge in [0.15, 0.2) is 0 Å². The van der Waals surface area contributed by atoms with Crippen molar-refractivity contribution in [2.75, 3.05) is 6.54 Å². The summed E-state index contributed by atoms with van der Waals surface area (Å²) < 4.78 is 53.8. The number of sulfonamides is 1. The monoisotopic (exact) mass is 383 g/mol. The molecule has 0 amide bonds. The van der Waals surface area contributed by atoms with Gasteiger partial charge in [-0.15, -0.1) is 0 Å². The van der Waals surface area contributed by atoms with Crippen LogP contribution in [0.3, 0.4) is 0 Å². The number of benzene rings is 1. The Hall–Kier alpha value is -1.80. The van der Waals surface area contributed by atoms with E-state index in [1.165, 1.54) is 16.7 Å². The van der Waals surface area contributed by atoms with Gasteiger partial charge in [0.05, 0.1) is 6.20 Å². The standard InChI is InChI=1S/C18H23F2N3O2S/c19-18(20)14-22-13-17(12-21-22)26(24,25)23(16-8-4-5-9-16)11-10-15-6-2-1-3-7-15/h1-3,6-7,12-13,16,18H,4-5,8-11,14H2. The molecular formula is C18H23F2N3O2S. The van der Waals surface area contributed by atoms with Gasteiger partial charge in [-0.25, -0.2) is 17.2 Å². The van der Waals surface area contributed by atoms with E-state index >= 15 is 0 Å². The lowest BCUT2D eigenvalue weighted by Crippen LogP contribution is -2.40. The number of halogens is 2. The molecule has 0 unspecified atom stereocenters. The van der Waals surface area contributed by atoms with Crippen molar-refractivity contribution in [1.82, 2.24) is 14.1 Å². The van der Waals surface area contributed by atoms with Crippen molar-refractivity contribution in [2.24, 2.45) is 0 Å². The van der Waals surface area contributed by atoms with Crippen LogP contribution in [0, 0.1) is 0 Å². The summed E-state index contributed by atoms with van der Waals surface area (Å²) in [4.78, 5) is -0.0156. The molecule has 0 spiro atoms. The van der Waals surface area contributed by atoms with Crippen molar-refractivity contribution in [2.45, 2.75) is 56.0 Å². The van der Waals surface area contributed by atoms with Crippen LogP contribution in [0.5, 0.6) is 0 Å². The lowest BCUT2D eigenvalue weighted by molar-refractivity contribution is 0.121. The van der Waals surface area contributed by atoms with Crippen LogP contribution in [-0.2, 0) is 23.0 Å². The molecule has 26 heavy (non-hydrogen) atoms. The Morgan fingerprint density at radius 3 is 2.54 bits per heavy atom. The Morgan fingerprint density at radius 1 is 1.19 bits per heavy atom. The highest BCUT2D eigenvalue weighted by atomic mass is 32.2. The van der Waals surface area contributed by atoms with Gasteiger partial charge in [-0.1, -0.05) is 43.2 Å². The van der Waals surface area contributed by atoms with E-state index in [2.05, 4.69) is 5.10 Å². The summed E-state index contributed by atoms with van der Waals surface area (Å²) in [5.74, 6) is 0. The Kier molecular flexibility index (Phi) is 6.03. The third-order valence-corrected chi connectivity index (χ3v) is 6.64. The van der Waals surface area contributed by atoms with Crippen LogP contribution in [0.2, 0.25) is 0 Å². The first-order valence-electron chi connectivity index (χ1n) is 8.83. The van der Waals surface area contributed by atoms with E-state index in [1.807, 2.05) is 30.3 Å². The molecule has 0 aliphatic heterocycles.